The molecule has 0 saturated heterocycles. The number of hydrogen-bond acceptors (Lipinski definition) is 5. The molecule has 1 unspecified atom stereocenters. The molecule has 0 radical (unpaired) electrons. The lowest BCUT2D eigenvalue weighted by Crippen LogP contribution is -2.16. The van der Waals surface area contributed by atoms with Crippen LogP contribution in [0.3, 0.4) is 0 Å². The molecule has 0 aliphatic heterocycles. The molecule has 1 fully saturated rings. The number of nitrogens with one attached hydrogen (secondary N) is 1. The summed E-state index contributed by atoms with van der Waals surface area (Å²) in [5.74, 6) is -0.739. The van der Waals surface area contributed by atoms with Crippen molar-refractivity contribution in [2.45, 2.75) is 30.1 Å². The standard InChI is InChI=1S/C19H19F2N3O3S/c1-28(26,27)14-4-2-13(3-5-14)15(8-12-9-16(20)17(21)10-12)19(25)24-18-11-22-6-7-23-18/h2-8,11-12,16-17H,9-10H2,1H3,(H,23,24,25)/b15-8+/t12?,16-,17+. The molecule has 0 spiro atoms. The Labute approximate surface area is 161 Å². The quantitative estimate of drug-likeness (QED) is 0.770. The van der Waals surface area contributed by atoms with Gasteiger partial charge in [-0.1, -0.05) is 18.2 Å². The third kappa shape index (κ3) is 4.78. The highest BCUT2D eigenvalue weighted by Gasteiger charge is 2.34. The van der Waals surface area contributed by atoms with Gasteiger partial charge in [0.15, 0.2) is 15.7 Å². The summed E-state index contributed by atoms with van der Waals surface area (Å²) in [6.07, 6.45) is 3.72. The fourth-order valence-corrected chi connectivity index (χ4v) is 3.70. The molecule has 1 N–H and O–H groups in total. The van der Waals surface area contributed by atoms with E-state index >= 15 is 0 Å². The van der Waals surface area contributed by atoms with Crippen molar-refractivity contribution in [3.05, 3.63) is 54.5 Å². The number of rotatable bonds is 5. The van der Waals surface area contributed by atoms with Crippen molar-refractivity contribution < 1.29 is 22.0 Å². The van der Waals surface area contributed by atoms with E-state index in [1.165, 1.54) is 48.9 Å². The molecule has 9 heteroatoms. The largest absolute Gasteiger partial charge is 0.305 e. The molecule has 28 heavy (non-hydrogen) atoms. The van der Waals surface area contributed by atoms with Gasteiger partial charge in [0.2, 0.25) is 0 Å². The zero-order valence-corrected chi connectivity index (χ0v) is 15.9. The lowest BCUT2D eigenvalue weighted by atomic mass is 9.98. The normalized spacial score (nSPS) is 22.8. The third-order valence-corrected chi connectivity index (χ3v) is 5.62. The van der Waals surface area contributed by atoms with E-state index < -0.39 is 34.0 Å². The first-order chi connectivity index (χ1) is 13.2. The number of halogens is 2. The van der Waals surface area contributed by atoms with E-state index in [1.54, 1.807) is 0 Å². The Morgan fingerprint density at radius 1 is 1.14 bits per heavy atom. The van der Waals surface area contributed by atoms with E-state index in [1.807, 2.05) is 0 Å². The third-order valence-electron chi connectivity index (χ3n) is 4.49. The fraction of sp³-hybridized carbons (Fsp3) is 0.316. The van der Waals surface area contributed by atoms with Crippen molar-refractivity contribution in [1.29, 1.82) is 0 Å². The Balaban J connectivity index is 1.93. The SMILES string of the molecule is CS(=O)(=O)c1ccc(/C(=C\C2C[C@@H](F)[C@@H](F)C2)C(=O)Nc2cnccn2)cc1. The van der Waals surface area contributed by atoms with E-state index in [2.05, 4.69) is 15.3 Å². The van der Waals surface area contributed by atoms with E-state index in [0.717, 1.165) is 6.26 Å². The smallest absolute Gasteiger partial charge is 0.257 e. The van der Waals surface area contributed by atoms with Crippen LogP contribution in [-0.2, 0) is 14.6 Å². The highest BCUT2D eigenvalue weighted by Crippen LogP contribution is 2.34. The average molecular weight is 407 g/mol. The predicted octanol–water partition coefficient (Wildman–Crippen LogP) is 2.99. The summed E-state index contributed by atoms with van der Waals surface area (Å²) >= 11 is 0. The van der Waals surface area contributed by atoms with E-state index in [4.69, 9.17) is 0 Å². The van der Waals surface area contributed by atoms with Crippen LogP contribution in [0.1, 0.15) is 18.4 Å². The minimum absolute atomic E-state index is 0.00941. The number of alkyl halides is 2. The maximum Gasteiger partial charge on any atom is 0.257 e. The van der Waals surface area contributed by atoms with Crippen LogP contribution in [0.4, 0.5) is 14.6 Å². The van der Waals surface area contributed by atoms with Gasteiger partial charge in [0.25, 0.3) is 5.91 Å². The minimum atomic E-state index is -3.39. The van der Waals surface area contributed by atoms with Crippen molar-refractivity contribution in [2.75, 3.05) is 11.6 Å². The molecule has 148 valence electrons. The number of carbonyl (C=O) groups excluding carboxylic acids is 1. The molecular weight excluding hydrogens is 388 g/mol. The first-order valence-corrected chi connectivity index (χ1v) is 10.5. The van der Waals surface area contributed by atoms with Gasteiger partial charge in [0, 0.05) is 24.2 Å². The summed E-state index contributed by atoms with van der Waals surface area (Å²) in [5.41, 5.74) is 0.628. The number of benzene rings is 1. The van der Waals surface area contributed by atoms with Gasteiger partial charge in [-0.2, -0.15) is 0 Å². The number of hydrogen-bond donors (Lipinski definition) is 1. The Morgan fingerprint density at radius 2 is 1.79 bits per heavy atom. The molecule has 1 aliphatic rings. The molecule has 3 rings (SSSR count). The summed E-state index contributed by atoms with van der Waals surface area (Å²) in [4.78, 5) is 20.7. The van der Waals surface area contributed by atoms with E-state index in [9.17, 15) is 22.0 Å². The summed E-state index contributed by atoms with van der Waals surface area (Å²) in [5, 5.41) is 2.60. The van der Waals surface area contributed by atoms with Crippen LogP contribution in [0.25, 0.3) is 5.57 Å². The van der Waals surface area contributed by atoms with Gasteiger partial charge in [0.05, 0.1) is 11.1 Å². The molecule has 0 bridgehead atoms. The molecule has 1 amide bonds. The van der Waals surface area contributed by atoms with Crippen LogP contribution in [0, 0.1) is 5.92 Å². The molecule has 3 atom stereocenters. The van der Waals surface area contributed by atoms with Gasteiger partial charge >= 0.3 is 0 Å². The summed E-state index contributed by atoms with van der Waals surface area (Å²) in [7, 11) is -3.39. The second-order valence-corrected chi connectivity index (χ2v) is 8.70. The Morgan fingerprint density at radius 3 is 2.32 bits per heavy atom. The number of aromatic nitrogens is 2. The molecule has 1 saturated carbocycles. The molecule has 1 aromatic carbocycles. The van der Waals surface area contributed by atoms with Crippen molar-refractivity contribution in [3.8, 4) is 0 Å². The highest BCUT2D eigenvalue weighted by molar-refractivity contribution is 7.90. The van der Waals surface area contributed by atoms with Gasteiger partial charge in [0.1, 0.15) is 12.3 Å². The van der Waals surface area contributed by atoms with Crippen molar-refractivity contribution >= 4 is 27.1 Å². The molecular formula is C19H19F2N3O3S. The number of anilines is 1. The highest BCUT2D eigenvalue weighted by atomic mass is 32.2. The van der Waals surface area contributed by atoms with Crippen LogP contribution in [0.5, 0.6) is 0 Å². The topological polar surface area (TPSA) is 89.0 Å². The van der Waals surface area contributed by atoms with Crippen molar-refractivity contribution in [3.63, 3.8) is 0 Å². The Bertz CT molecular complexity index is 969. The summed E-state index contributed by atoms with van der Waals surface area (Å²) in [6.45, 7) is 0. The Kier molecular flexibility index (Phi) is 5.83. The second-order valence-electron chi connectivity index (χ2n) is 6.69. The van der Waals surface area contributed by atoms with Crippen LogP contribution in [0.2, 0.25) is 0 Å². The fourth-order valence-electron chi connectivity index (χ4n) is 3.07. The monoisotopic (exact) mass is 407 g/mol. The first-order valence-electron chi connectivity index (χ1n) is 8.62. The van der Waals surface area contributed by atoms with E-state index in [-0.39, 0.29) is 29.1 Å². The number of carbonyl (C=O) groups is 1. The molecule has 1 heterocycles. The molecule has 1 aromatic heterocycles. The zero-order chi connectivity index (χ0) is 20.3. The van der Waals surface area contributed by atoms with Gasteiger partial charge in [-0.05, 0) is 36.5 Å². The maximum atomic E-state index is 13.6. The van der Waals surface area contributed by atoms with Crippen LogP contribution >= 0.6 is 0 Å². The van der Waals surface area contributed by atoms with Gasteiger partial charge < -0.3 is 5.32 Å². The van der Waals surface area contributed by atoms with Gasteiger partial charge in [-0.3, -0.25) is 9.78 Å². The zero-order valence-electron chi connectivity index (χ0n) is 15.0. The van der Waals surface area contributed by atoms with Crippen LogP contribution in [0.15, 0.2) is 53.8 Å². The molecule has 2 aromatic rings. The minimum Gasteiger partial charge on any atom is -0.305 e. The lowest BCUT2D eigenvalue weighted by molar-refractivity contribution is -0.111. The summed E-state index contributed by atoms with van der Waals surface area (Å²) < 4.78 is 50.4. The number of amides is 1. The van der Waals surface area contributed by atoms with E-state index in [0.29, 0.717) is 5.56 Å². The molecule has 6 nitrogen and oxygen atoms in total. The Hall–Kier alpha value is -2.68. The number of nitrogens with zero attached hydrogens (tertiary/aromatic N) is 2. The second kappa shape index (κ2) is 8.14. The number of allylic oxidation sites excluding steroid dienone is 1. The lowest BCUT2D eigenvalue weighted by Gasteiger charge is -2.12. The first kappa shape index (κ1) is 20.1. The average Bonchev–Trinajstić information content (AvgIpc) is 2.97. The van der Waals surface area contributed by atoms with Crippen LogP contribution < -0.4 is 5.32 Å². The van der Waals surface area contributed by atoms with Gasteiger partial charge in [-0.15, -0.1) is 0 Å². The van der Waals surface area contributed by atoms with Crippen LogP contribution in [-0.4, -0.2) is 42.9 Å². The number of sulfone groups is 1. The van der Waals surface area contributed by atoms with Gasteiger partial charge in [-0.25, -0.2) is 22.2 Å². The van der Waals surface area contributed by atoms with Crippen molar-refractivity contribution in [2.24, 2.45) is 5.92 Å². The summed E-state index contributed by atoms with van der Waals surface area (Å²) in [6, 6.07) is 5.76. The van der Waals surface area contributed by atoms with Crippen molar-refractivity contribution in [1.82, 2.24) is 9.97 Å². The predicted molar refractivity (Wildman–Crippen MR) is 101 cm³/mol. The maximum absolute atomic E-state index is 13.6. The molecule has 1 aliphatic carbocycles.